The first-order valence-corrected chi connectivity index (χ1v) is 6.93. The van der Waals surface area contributed by atoms with E-state index in [0.29, 0.717) is 11.6 Å². The maximum atomic E-state index is 10.0. The minimum Gasteiger partial charge on any atom is -0.506 e. The lowest BCUT2D eigenvalue weighted by atomic mass is 10.0. The number of rotatable bonds is 2. The molecule has 3 rings (SSSR count). The number of halogens is 1. The Labute approximate surface area is 118 Å². The van der Waals surface area contributed by atoms with E-state index < -0.39 is 0 Å². The number of nitrogens with zero attached hydrogens (tertiary/aromatic N) is 1. The molecule has 0 saturated heterocycles. The number of fused-ring (bicyclic) bond motifs is 1. The first-order valence-electron chi connectivity index (χ1n) is 6.55. The highest BCUT2D eigenvalue weighted by atomic mass is 35.5. The van der Waals surface area contributed by atoms with Crippen molar-refractivity contribution in [2.24, 2.45) is 0 Å². The third-order valence-corrected chi connectivity index (χ3v) is 3.94. The fourth-order valence-corrected chi connectivity index (χ4v) is 2.86. The Kier molecular flexibility index (Phi) is 3.34. The van der Waals surface area contributed by atoms with Crippen LogP contribution in [0.25, 0.3) is 0 Å². The van der Waals surface area contributed by atoms with Crippen molar-refractivity contribution in [3.8, 4) is 5.75 Å². The van der Waals surface area contributed by atoms with E-state index >= 15 is 0 Å². The first kappa shape index (κ1) is 12.4. The summed E-state index contributed by atoms with van der Waals surface area (Å²) in [6, 6.07) is 14.0. The lowest BCUT2D eigenvalue weighted by Gasteiger charge is -2.31. The second-order valence-corrected chi connectivity index (χ2v) is 5.31. The lowest BCUT2D eigenvalue weighted by Crippen LogP contribution is -2.28. The van der Waals surface area contributed by atoms with E-state index in [0.717, 1.165) is 24.9 Å². The molecular weight excluding hydrogens is 258 g/mol. The van der Waals surface area contributed by atoms with Crippen LogP contribution in [0.15, 0.2) is 42.5 Å². The van der Waals surface area contributed by atoms with Crippen LogP contribution in [-0.2, 0) is 13.0 Å². The van der Waals surface area contributed by atoms with Crippen molar-refractivity contribution in [1.82, 2.24) is 0 Å². The molecule has 0 spiro atoms. The Balaban J connectivity index is 1.91. The van der Waals surface area contributed by atoms with E-state index in [1.165, 1.54) is 11.3 Å². The zero-order valence-electron chi connectivity index (χ0n) is 10.6. The van der Waals surface area contributed by atoms with E-state index in [1.807, 2.05) is 12.1 Å². The molecule has 0 atom stereocenters. The second-order valence-electron chi connectivity index (χ2n) is 4.90. The van der Waals surface area contributed by atoms with Gasteiger partial charge in [-0.25, -0.2) is 0 Å². The summed E-state index contributed by atoms with van der Waals surface area (Å²) in [5.74, 6) is 0.201. The highest BCUT2D eigenvalue weighted by molar-refractivity contribution is 6.32. The number of hydrogen-bond donors (Lipinski definition) is 1. The van der Waals surface area contributed by atoms with Crippen LogP contribution < -0.4 is 4.90 Å². The smallest absolute Gasteiger partial charge is 0.139 e. The third-order valence-electron chi connectivity index (χ3n) is 3.64. The standard InChI is InChI=1S/C16H16ClNO/c17-14-8-3-6-13(16(14)19)11-18-10-4-7-12-5-1-2-9-15(12)18/h1-3,5-6,8-9,19H,4,7,10-11H2. The molecule has 0 bridgehead atoms. The fraction of sp³-hybridized carbons (Fsp3) is 0.250. The Morgan fingerprint density at radius 1 is 1.11 bits per heavy atom. The number of hydrogen-bond acceptors (Lipinski definition) is 2. The molecule has 0 aliphatic carbocycles. The Morgan fingerprint density at radius 2 is 1.95 bits per heavy atom. The Hall–Kier alpha value is -1.67. The molecule has 2 aromatic rings. The predicted molar refractivity (Wildman–Crippen MR) is 78.9 cm³/mol. The molecule has 98 valence electrons. The normalized spacial score (nSPS) is 14.3. The van der Waals surface area contributed by atoms with Gasteiger partial charge in [0.15, 0.2) is 0 Å². The van der Waals surface area contributed by atoms with Crippen LogP contribution in [-0.4, -0.2) is 11.7 Å². The van der Waals surface area contributed by atoms with Gasteiger partial charge in [0, 0.05) is 24.3 Å². The van der Waals surface area contributed by atoms with E-state index in [1.54, 1.807) is 6.07 Å². The summed E-state index contributed by atoms with van der Waals surface area (Å²) >= 11 is 5.96. The average molecular weight is 274 g/mol. The van der Waals surface area contributed by atoms with Crippen LogP contribution in [0.4, 0.5) is 5.69 Å². The van der Waals surface area contributed by atoms with Crippen molar-refractivity contribution in [3.63, 3.8) is 0 Å². The summed E-state index contributed by atoms with van der Waals surface area (Å²) < 4.78 is 0. The maximum Gasteiger partial charge on any atom is 0.139 e. The van der Waals surface area contributed by atoms with E-state index in [2.05, 4.69) is 29.2 Å². The average Bonchev–Trinajstić information content (AvgIpc) is 2.44. The summed E-state index contributed by atoms with van der Waals surface area (Å²) in [5.41, 5.74) is 3.53. The largest absolute Gasteiger partial charge is 0.506 e. The highest BCUT2D eigenvalue weighted by Crippen LogP contribution is 2.32. The summed E-state index contributed by atoms with van der Waals surface area (Å²) in [6.45, 7) is 1.71. The van der Waals surface area contributed by atoms with Crippen molar-refractivity contribution in [1.29, 1.82) is 0 Å². The molecule has 1 heterocycles. The Morgan fingerprint density at radius 3 is 2.84 bits per heavy atom. The van der Waals surface area contributed by atoms with Gasteiger partial charge in [0.2, 0.25) is 0 Å². The summed E-state index contributed by atoms with van der Waals surface area (Å²) in [5, 5.41) is 10.4. The molecule has 0 saturated carbocycles. The third kappa shape index (κ3) is 2.41. The predicted octanol–water partition coefficient (Wildman–Crippen LogP) is 4.00. The molecule has 0 aromatic heterocycles. The molecule has 1 N–H and O–H groups in total. The summed E-state index contributed by atoms with van der Waals surface area (Å²) in [4.78, 5) is 2.31. The van der Waals surface area contributed by atoms with Gasteiger partial charge in [0.05, 0.1) is 5.02 Å². The van der Waals surface area contributed by atoms with Gasteiger partial charge >= 0.3 is 0 Å². The van der Waals surface area contributed by atoms with Crippen molar-refractivity contribution < 1.29 is 5.11 Å². The van der Waals surface area contributed by atoms with Crippen LogP contribution in [0.5, 0.6) is 5.75 Å². The Bertz CT molecular complexity index is 597. The molecule has 0 fully saturated rings. The second kappa shape index (κ2) is 5.14. The molecule has 0 amide bonds. The van der Waals surface area contributed by atoms with Crippen LogP contribution >= 0.6 is 11.6 Å². The lowest BCUT2D eigenvalue weighted by molar-refractivity contribution is 0.467. The molecule has 2 aromatic carbocycles. The summed E-state index contributed by atoms with van der Waals surface area (Å²) in [7, 11) is 0. The SMILES string of the molecule is Oc1c(Cl)cccc1CN1CCCc2ccccc21. The van der Waals surface area contributed by atoms with Gasteiger partial charge in [-0.15, -0.1) is 0 Å². The number of aryl methyl sites for hydroxylation is 1. The number of phenolic OH excluding ortho intramolecular Hbond substituents is 1. The molecular formula is C16H16ClNO. The number of para-hydroxylation sites is 2. The number of phenols is 1. The molecule has 0 radical (unpaired) electrons. The molecule has 2 nitrogen and oxygen atoms in total. The minimum absolute atomic E-state index is 0.201. The molecule has 1 aliphatic rings. The van der Waals surface area contributed by atoms with Crippen molar-refractivity contribution >= 4 is 17.3 Å². The van der Waals surface area contributed by atoms with Crippen LogP contribution in [0.3, 0.4) is 0 Å². The number of anilines is 1. The van der Waals surface area contributed by atoms with E-state index in [4.69, 9.17) is 11.6 Å². The summed E-state index contributed by atoms with van der Waals surface area (Å²) in [6.07, 6.45) is 2.28. The van der Waals surface area contributed by atoms with E-state index in [-0.39, 0.29) is 5.75 Å². The maximum absolute atomic E-state index is 10.0. The van der Waals surface area contributed by atoms with Gasteiger partial charge in [-0.2, -0.15) is 0 Å². The molecule has 1 aliphatic heterocycles. The van der Waals surface area contributed by atoms with Gasteiger partial charge < -0.3 is 10.0 Å². The number of aromatic hydroxyl groups is 1. The first-order chi connectivity index (χ1) is 9.25. The zero-order valence-corrected chi connectivity index (χ0v) is 11.4. The molecule has 0 unspecified atom stereocenters. The molecule has 3 heteroatoms. The van der Waals surface area contributed by atoms with Crippen molar-refractivity contribution in [2.75, 3.05) is 11.4 Å². The van der Waals surface area contributed by atoms with Gasteiger partial charge in [-0.1, -0.05) is 41.9 Å². The van der Waals surface area contributed by atoms with Gasteiger partial charge in [0.1, 0.15) is 5.75 Å². The molecule has 19 heavy (non-hydrogen) atoms. The minimum atomic E-state index is 0.201. The van der Waals surface area contributed by atoms with Crippen molar-refractivity contribution in [3.05, 3.63) is 58.6 Å². The quantitative estimate of drug-likeness (QED) is 0.894. The van der Waals surface area contributed by atoms with Gasteiger partial charge in [-0.05, 0) is 30.5 Å². The fourth-order valence-electron chi connectivity index (χ4n) is 2.67. The van der Waals surface area contributed by atoms with Gasteiger partial charge in [0.25, 0.3) is 0 Å². The zero-order chi connectivity index (χ0) is 13.2. The highest BCUT2D eigenvalue weighted by Gasteiger charge is 2.17. The van der Waals surface area contributed by atoms with Crippen molar-refractivity contribution in [2.45, 2.75) is 19.4 Å². The van der Waals surface area contributed by atoms with Crippen LogP contribution in [0.2, 0.25) is 5.02 Å². The van der Waals surface area contributed by atoms with Gasteiger partial charge in [-0.3, -0.25) is 0 Å². The number of benzene rings is 2. The van der Waals surface area contributed by atoms with Crippen LogP contribution in [0, 0.1) is 0 Å². The topological polar surface area (TPSA) is 23.5 Å². The monoisotopic (exact) mass is 273 g/mol. The van der Waals surface area contributed by atoms with E-state index in [9.17, 15) is 5.11 Å². The van der Waals surface area contributed by atoms with Crippen LogP contribution in [0.1, 0.15) is 17.5 Å².